The van der Waals surface area contributed by atoms with E-state index < -0.39 is 0 Å². The molecule has 1 N–H and O–H groups in total. The summed E-state index contributed by atoms with van der Waals surface area (Å²) in [6, 6.07) is 61.7. The Bertz CT molecular complexity index is 3110. The fourth-order valence-electron chi connectivity index (χ4n) is 8.78. The fraction of sp³-hybridized carbons (Fsp3) is 0.0588. The molecule has 0 spiro atoms. The summed E-state index contributed by atoms with van der Waals surface area (Å²) >= 11 is 1.87. The van der Waals surface area contributed by atoms with E-state index in [1.807, 2.05) is 23.5 Å². The first-order valence-electron chi connectivity index (χ1n) is 18.6. The molecule has 1 aliphatic rings. The van der Waals surface area contributed by atoms with E-state index in [0.717, 1.165) is 50.0 Å². The molecule has 0 fully saturated rings. The van der Waals surface area contributed by atoms with E-state index in [2.05, 4.69) is 177 Å². The number of thiophene rings is 1. The number of fused-ring (bicyclic) bond motifs is 9. The molecule has 0 aliphatic heterocycles. The minimum absolute atomic E-state index is 0.119. The van der Waals surface area contributed by atoms with Gasteiger partial charge in [0.25, 0.3) is 0 Å². The summed E-state index contributed by atoms with van der Waals surface area (Å²) in [5, 5.41) is 8.82. The van der Waals surface area contributed by atoms with Gasteiger partial charge in [-0.2, -0.15) is 0 Å². The Hall–Kier alpha value is -6.42. The molecule has 0 saturated heterocycles. The third-order valence-electron chi connectivity index (χ3n) is 11.5. The topological polar surface area (TPSA) is 25.2 Å². The number of rotatable bonds is 5. The molecule has 0 atom stereocenters. The van der Waals surface area contributed by atoms with Crippen molar-refractivity contribution in [3.63, 3.8) is 0 Å². The predicted octanol–water partition coefficient (Wildman–Crippen LogP) is 15.0. The lowest BCUT2D eigenvalue weighted by Crippen LogP contribution is -2.15. The summed E-state index contributed by atoms with van der Waals surface area (Å²) < 4.78 is 9.14. The van der Waals surface area contributed by atoms with Crippen molar-refractivity contribution in [2.75, 3.05) is 5.32 Å². The van der Waals surface area contributed by atoms with E-state index in [9.17, 15) is 0 Å². The third-order valence-corrected chi connectivity index (χ3v) is 12.7. The Morgan fingerprint density at radius 1 is 0.463 bits per heavy atom. The van der Waals surface area contributed by atoms with E-state index in [-0.39, 0.29) is 5.41 Å². The molecule has 0 unspecified atom stereocenters. The van der Waals surface area contributed by atoms with Gasteiger partial charge in [-0.1, -0.05) is 141 Å². The first-order valence-corrected chi connectivity index (χ1v) is 19.4. The lowest BCUT2D eigenvalue weighted by Gasteiger charge is -2.23. The van der Waals surface area contributed by atoms with Gasteiger partial charge in [-0.05, 0) is 87.0 Å². The quantitative estimate of drug-likeness (QED) is 0.192. The van der Waals surface area contributed by atoms with Crippen LogP contribution in [0.2, 0.25) is 0 Å². The molecule has 0 saturated carbocycles. The molecule has 8 aromatic carbocycles. The molecule has 2 nitrogen and oxygen atoms in total. The van der Waals surface area contributed by atoms with Crippen LogP contribution >= 0.6 is 11.3 Å². The van der Waals surface area contributed by atoms with Crippen LogP contribution in [0.3, 0.4) is 0 Å². The van der Waals surface area contributed by atoms with Gasteiger partial charge in [0.1, 0.15) is 11.2 Å². The second kappa shape index (κ2) is 11.8. The van der Waals surface area contributed by atoms with Crippen LogP contribution in [0.25, 0.3) is 86.6 Å². The number of benzene rings is 8. The normalized spacial score (nSPS) is 13.1. The van der Waals surface area contributed by atoms with Gasteiger partial charge in [-0.15, -0.1) is 11.3 Å². The van der Waals surface area contributed by atoms with Crippen molar-refractivity contribution in [2.45, 2.75) is 19.3 Å². The van der Waals surface area contributed by atoms with Crippen LogP contribution < -0.4 is 5.32 Å². The lowest BCUT2D eigenvalue weighted by molar-refractivity contribution is 0.660. The molecule has 2 aromatic heterocycles. The largest absolute Gasteiger partial charge is 0.455 e. The number of furan rings is 1. The highest BCUT2D eigenvalue weighted by Gasteiger charge is 2.36. The van der Waals surface area contributed by atoms with Gasteiger partial charge in [0.15, 0.2) is 0 Å². The molecule has 0 radical (unpaired) electrons. The van der Waals surface area contributed by atoms with Gasteiger partial charge in [-0.25, -0.2) is 0 Å². The number of para-hydroxylation sites is 2. The molecular formula is C51H35NOS. The van der Waals surface area contributed by atoms with Crippen molar-refractivity contribution >= 4 is 64.8 Å². The Balaban J connectivity index is 1.03. The van der Waals surface area contributed by atoms with Crippen molar-refractivity contribution in [1.29, 1.82) is 0 Å². The highest BCUT2D eigenvalue weighted by Crippen LogP contribution is 2.52. The highest BCUT2D eigenvalue weighted by molar-refractivity contribution is 7.26. The van der Waals surface area contributed by atoms with E-state index in [1.165, 1.54) is 59.1 Å². The van der Waals surface area contributed by atoms with Gasteiger partial charge >= 0.3 is 0 Å². The Morgan fingerprint density at radius 3 is 2.00 bits per heavy atom. The fourth-order valence-corrected chi connectivity index (χ4v) is 10.0. The Kier molecular flexibility index (Phi) is 6.80. The van der Waals surface area contributed by atoms with Crippen LogP contribution in [-0.2, 0) is 5.41 Å². The van der Waals surface area contributed by atoms with Gasteiger partial charge in [0.05, 0.1) is 0 Å². The minimum Gasteiger partial charge on any atom is -0.455 e. The number of hydrogen-bond acceptors (Lipinski definition) is 3. The number of hydrogen-bond donors (Lipinski definition) is 1. The van der Waals surface area contributed by atoms with Gasteiger partial charge in [-0.3, -0.25) is 0 Å². The van der Waals surface area contributed by atoms with Crippen molar-refractivity contribution in [3.05, 3.63) is 181 Å². The molecule has 11 rings (SSSR count). The monoisotopic (exact) mass is 709 g/mol. The van der Waals surface area contributed by atoms with Crippen molar-refractivity contribution in [2.24, 2.45) is 0 Å². The highest BCUT2D eigenvalue weighted by atomic mass is 32.1. The molecule has 0 amide bonds. The van der Waals surface area contributed by atoms with E-state index in [4.69, 9.17) is 4.42 Å². The summed E-state index contributed by atoms with van der Waals surface area (Å²) in [6.45, 7) is 4.69. The van der Waals surface area contributed by atoms with E-state index >= 15 is 0 Å². The molecule has 54 heavy (non-hydrogen) atoms. The first kappa shape index (κ1) is 31.1. The Labute approximate surface area is 318 Å². The summed E-state index contributed by atoms with van der Waals surface area (Å²) in [5.41, 5.74) is 16.2. The SMILES string of the molecule is CC1(C)c2ccccc2-c2cc(-c3cccc(-c4cccc5c4oc4ccccc45)c3)c(Nc3ccc(-c4cccc5c4sc4ccccc45)cc3)cc21. The van der Waals surface area contributed by atoms with Crippen LogP contribution in [0.1, 0.15) is 25.0 Å². The molecule has 2 heterocycles. The average Bonchev–Trinajstić information content (AvgIpc) is 3.86. The zero-order valence-corrected chi connectivity index (χ0v) is 30.8. The lowest BCUT2D eigenvalue weighted by atomic mass is 9.81. The molecule has 10 aromatic rings. The second-order valence-electron chi connectivity index (χ2n) is 15.0. The van der Waals surface area contributed by atoms with Crippen LogP contribution in [0.5, 0.6) is 0 Å². The minimum atomic E-state index is -0.119. The third kappa shape index (κ3) is 4.72. The summed E-state index contributed by atoms with van der Waals surface area (Å²) in [6.07, 6.45) is 0. The maximum Gasteiger partial charge on any atom is 0.143 e. The maximum absolute atomic E-state index is 6.48. The van der Waals surface area contributed by atoms with Gasteiger partial charge < -0.3 is 9.73 Å². The van der Waals surface area contributed by atoms with E-state index in [0.29, 0.717) is 0 Å². The summed E-state index contributed by atoms with van der Waals surface area (Å²) in [4.78, 5) is 0. The van der Waals surface area contributed by atoms with Crippen LogP contribution in [0.15, 0.2) is 174 Å². The standard InChI is InChI=1S/C51H35NOS/c1-51(2)44-21-6-3-14-37(44)43-29-42(33-13-9-12-32(28-33)35-17-10-19-40-38-15-4-7-22-47(38)53-49(35)40)46(30-45(43)51)52-34-26-24-31(25-27-34)36-18-11-20-41-39-16-5-8-23-48(39)54-50(36)41/h3-30,52H,1-2H3. The van der Waals surface area contributed by atoms with Gasteiger partial charge in [0, 0.05) is 58.9 Å². The van der Waals surface area contributed by atoms with Crippen LogP contribution in [-0.4, -0.2) is 0 Å². The average molecular weight is 710 g/mol. The predicted molar refractivity (Wildman–Crippen MR) is 230 cm³/mol. The summed E-state index contributed by atoms with van der Waals surface area (Å²) in [7, 11) is 0. The zero-order chi connectivity index (χ0) is 36.0. The van der Waals surface area contributed by atoms with Gasteiger partial charge in [0.2, 0.25) is 0 Å². The summed E-state index contributed by atoms with van der Waals surface area (Å²) in [5.74, 6) is 0. The molecule has 256 valence electrons. The maximum atomic E-state index is 6.48. The molecule has 0 bridgehead atoms. The van der Waals surface area contributed by atoms with Crippen molar-refractivity contribution < 1.29 is 4.42 Å². The first-order chi connectivity index (χ1) is 26.5. The Morgan fingerprint density at radius 2 is 1.13 bits per heavy atom. The molecule has 1 aliphatic carbocycles. The van der Waals surface area contributed by atoms with Crippen molar-refractivity contribution in [3.8, 4) is 44.5 Å². The van der Waals surface area contributed by atoms with Crippen LogP contribution in [0.4, 0.5) is 11.4 Å². The number of anilines is 2. The smallest absolute Gasteiger partial charge is 0.143 e. The van der Waals surface area contributed by atoms with Crippen LogP contribution in [0, 0.1) is 0 Å². The number of nitrogens with one attached hydrogen (secondary N) is 1. The van der Waals surface area contributed by atoms with Crippen molar-refractivity contribution in [1.82, 2.24) is 0 Å². The van der Waals surface area contributed by atoms with E-state index in [1.54, 1.807) is 0 Å². The zero-order valence-electron chi connectivity index (χ0n) is 30.0. The molecule has 3 heteroatoms. The second-order valence-corrected chi connectivity index (χ2v) is 16.0. The molecular weight excluding hydrogens is 675 g/mol.